The van der Waals surface area contributed by atoms with Crippen LogP contribution >= 0.6 is 0 Å². The van der Waals surface area contributed by atoms with Gasteiger partial charge in [0.2, 0.25) is 0 Å². The quantitative estimate of drug-likeness (QED) is 0.264. The molecule has 2 aliphatic heterocycles. The number of unbranched alkanes of at least 4 members (excludes halogenated alkanes) is 5. The molecule has 0 spiro atoms. The number of H-pyrrole nitrogens is 1. The predicted molar refractivity (Wildman–Crippen MR) is 175 cm³/mol. The number of benzene rings is 1. The molecule has 6 atom stereocenters. The highest BCUT2D eigenvalue weighted by Crippen LogP contribution is 2.67. The molecule has 0 saturated heterocycles. The lowest BCUT2D eigenvalue weighted by Gasteiger charge is -2.58. The summed E-state index contributed by atoms with van der Waals surface area (Å²) in [5.74, 6) is 3.08. The maximum Gasteiger partial charge on any atom is 0.349 e. The van der Waals surface area contributed by atoms with E-state index in [4.69, 9.17) is 0 Å². The molecule has 6 aliphatic rings. The number of nitrogens with one attached hydrogen (secondary N) is 1. The Bertz CT molecular complexity index is 1650. The molecule has 6 heteroatoms. The van der Waals surface area contributed by atoms with E-state index in [1.54, 1.807) is 12.1 Å². The van der Waals surface area contributed by atoms with Crippen LogP contribution < -0.4 is 11.2 Å². The van der Waals surface area contributed by atoms with Gasteiger partial charge in [-0.15, -0.1) is 0 Å². The number of hydrogen-bond acceptors (Lipinski definition) is 3. The second-order valence-corrected chi connectivity index (χ2v) is 15.0. The van der Waals surface area contributed by atoms with Crippen molar-refractivity contribution in [1.29, 1.82) is 0 Å². The lowest BCUT2D eigenvalue weighted by molar-refractivity contribution is -0.0478. The van der Waals surface area contributed by atoms with Gasteiger partial charge in [0, 0.05) is 5.69 Å². The van der Waals surface area contributed by atoms with Gasteiger partial charge < -0.3 is 0 Å². The van der Waals surface area contributed by atoms with E-state index in [-0.39, 0.29) is 11.2 Å². The maximum absolute atomic E-state index is 13.9. The number of pyridine rings is 1. The first kappa shape index (κ1) is 29.7. The lowest BCUT2D eigenvalue weighted by atomic mass is 9.46. The molecule has 0 amide bonds. The number of nitrogens with zero attached hydrogens (tertiary/aromatic N) is 2. The van der Waals surface area contributed by atoms with Gasteiger partial charge in [0.05, 0.1) is 11.3 Å². The first-order valence-electron chi connectivity index (χ1n) is 17.4. The van der Waals surface area contributed by atoms with Gasteiger partial charge in [-0.25, -0.2) is 9.18 Å². The summed E-state index contributed by atoms with van der Waals surface area (Å²) in [5.41, 5.74) is 4.11. The van der Waals surface area contributed by atoms with Crippen molar-refractivity contribution >= 4 is 6.08 Å². The fourth-order valence-electron chi connectivity index (χ4n) is 10.5. The van der Waals surface area contributed by atoms with Gasteiger partial charge in [-0.2, -0.15) is 4.98 Å². The lowest BCUT2D eigenvalue weighted by Crippen LogP contribution is -2.51. The first-order chi connectivity index (χ1) is 21.2. The fraction of sp³-hybridized carbons (Fsp3) is 0.605. The minimum atomic E-state index is -0.663. The van der Waals surface area contributed by atoms with E-state index in [0.717, 1.165) is 41.9 Å². The van der Waals surface area contributed by atoms with Crippen LogP contribution in [0.25, 0.3) is 23.2 Å². The average molecular weight is 598 g/mol. The molecule has 234 valence electrons. The highest BCUT2D eigenvalue weighted by molar-refractivity contribution is 5.70. The van der Waals surface area contributed by atoms with Crippen LogP contribution in [-0.4, -0.2) is 14.5 Å². The number of allylic oxidation sites excluding steroid dienone is 1. The molecular formula is C38H48FN3O2. The Labute approximate surface area is 260 Å². The predicted octanol–water partition coefficient (Wildman–Crippen LogP) is 8.71. The highest BCUT2D eigenvalue weighted by atomic mass is 19.1. The third kappa shape index (κ3) is 4.82. The molecule has 1 N–H and O–H groups in total. The number of halogens is 1. The van der Waals surface area contributed by atoms with Crippen LogP contribution in [0.3, 0.4) is 0 Å². The van der Waals surface area contributed by atoms with Crippen molar-refractivity contribution in [3.05, 3.63) is 73.8 Å². The van der Waals surface area contributed by atoms with Crippen molar-refractivity contribution in [1.82, 2.24) is 14.5 Å². The Morgan fingerprint density at radius 1 is 0.977 bits per heavy atom. The van der Waals surface area contributed by atoms with Crippen molar-refractivity contribution in [2.24, 2.45) is 34.5 Å². The van der Waals surface area contributed by atoms with E-state index < -0.39 is 11.2 Å². The monoisotopic (exact) mass is 597 g/mol. The van der Waals surface area contributed by atoms with Crippen molar-refractivity contribution in [2.75, 3.05) is 0 Å². The first-order valence-corrected chi connectivity index (χ1v) is 17.4. The van der Waals surface area contributed by atoms with E-state index in [1.165, 1.54) is 94.8 Å². The molecule has 3 saturated carbocycles. The summed E-state index contributed by atoms with van der Waals surface area (Å²) >= 11 is 0. The number of fused-ring (bicyclic) bond motifs is 7. The molecule has 3 fully saturated rings. The topological polar surface area (TPSA) is 67.8 Å². The zero-order valence-corrected chi connectivity index (χ0v) is 26.8. The van der Waals surface area contributed by atoms with Gasteiger partial charge in [0.1, 0.15) is 5.82 Å². The van der Waals surface area contributed by atoms with Crippen LogP contribution in [0.1, 0.15) is 115 Å². The van der Waals surface area contributed by atoms with Crippen molar-refractivity contribution < 1.29 is 4.39 Å². The van der Waals surface area contributed by atoms with Crippen LogP contribution in [0.5, 0.6) is 0 Å². The Balaban J connectivity index is 1.20. The molecule has 0 unspecified atom stereocenters. The van der Waals surface area contributed by atoms with E-state index >= 15 is 0 Å². The van der Waals surface area contributed by atoms with Gasteiger partial charge >= 0.3 is 5.69 Å². The number of aromatic amines is 1. The van der Waals surface area contributed by atoms with Gasteiger partial charge in [0.15, 0.2) is 5.82 Å². The summed E-state index contributed by atoms with van der Waals surface area (Å²) in [6.45, 7) is 7.43. The standard InChI is InChI=1S/C38H48FN3O2/c1-4-5-6-7-8-9-10-25-12-18-31-29-17-11-26-22-33-24(23-38(26,3)32(29)19-20-37(25,31)2)21-30-34(40-36(44)41-35(30)43)42(33)28-15-13-27(39)14-16-28/h13-16,21-22,25,29,31-32H,4-12,17-20,23H2,1-3H3,(H,41,43,44)/t25-,29-,31-,32-,37+,38-/m0/s1. The summed E-state index contributed by atoms with van der Waals surface area (Å²) in [6.07, 6.45) is 20.6. The molecule has 4 aliphatic carbocycles. The Morgan fingerprint density at radius 2 is 1.75 bits per heavy atom. The molecule has 0 aromatic heterocycles. The fourth-order valence-corrected chi connectivity index (χ4v) is 10.5. The summed E-state index contributed by atoms with van der Waals surface area (Å²) in [5, 5.41) is 0. The third-order valence-corrected chi connectivity index (χ3v) is 12.8. The molecule has 2 heterocycles. The van der Waals surface area contributed by atoms with Gasteiger partial charge in [-0.1, -0.05) is 64.9 Å². The SMILES string of the molecule is CCCCCCCC[C@H]1CC[C@H]2[C@@H]3CCC4=Cc5c(cc6c(=O)[nH]c(=O)nc-6n5-c5ccc(F)cc5)C[C@]4(C)[C@H]3CC[C@]12C. The summed E-state index contributed by atoms with van der Waals surface area (Å²) in [4.78, 5) is 32.0. The summed E-state index contributed by atoms with van der Waals surface area (Å²) in [7, 11) is 0. The van der Waals surface area contributed by atoms with E-state index in [9.17, 15) is 14.0 Å². The van der Waals surface area contributed by atoms with Crippen LogP contribution in [0.15, 0.2) is 45.5 Å². The van der Waals surface area contributed by atoms with Crippen LogP contribution in [0.4, 0.5) is 4.39 Å². The normalized spacial score (nSPS) is 30.8. The molecule has 5 nitrogen and oxygen atoms in total. The van der Waals surface area contributed by atoms with E-state index in [2.05, 4.69) is 36.8 Å². The summed E-state index contributed by atoms with van der Waals surface area (Å²) in [6, 6.07) is 8.22. The third-order valence-electron chi connectivity index (χ3n) is 12.8. The molecule has 44 heavy (non-hydrogen) atoms. The van der Waals surface area contributed by atoms with Gasteiger partial charge in [0.25, 0.3) is 5.56 Å². The largest absolute Gasteiger partial charge is 0.349 e. The van der Waals surface area contributed by atoms with Gasteiger partial charge in [-0.05, 0) is 128 Å². The molecule has 0 bridgehead atoms. The van der Waals surface area contributed by atoms with Crippen LogP contribution in [-0.2, 0) is 6.42 Å². The maximum atomic E-state index is 13.9. The van der Waals surface area contributed by atoms with Crippen molar-refractivity contribution in [3.63, 3.8) is 0 Å². The van der Waals surface area contributed by atoms with Gasteiger partial charge in [-0.3, -0.25) is 14.3 Å². The Morgan fingerprint density at radius 3 is 2.55 bits per heavy atom. The molecular weight excluding hydrogens is 549 g/mol. The van der Waals surface area contributed by atoms with Crippen molar-refractivity contribution in [2.45, 2.75) is 111 Å². The number of aromatic nitrogens is 3. The molecule has 1 aromatic carbocycles. The highest BCUT2D eigenvalue weighted by Gasteiger charge is 2.58. The zero-order chi connectivity index (χ0) is 30.6. The van der Waals surface area contributed by atoms with Crippen LogP contribution in [0, 0.1) is 40.3 Å². The average Bonchev–Trinajstić information content (AvgIpc) is 3.33. The van der Waals surface area contributed by atoms with Crippen LogP contribution in [0.2, 0.25) is 0 Å². The van der Waals surface area contributed by atoms with E-state index in [0.29, 0.717) is 28.4 Å². The number of hydrogen-bond donors (Lipinski definition) is 1. The Hall–Kier alpha value is -3.02. The van der Waals surface area contributed by atoms with Crippen molar-refractivity contribution in [3.8, 4) is 17.1 Å². The second-order valence-electron chi connectivity index (χ2n) is 15.0. The minimum absolute atomic E-state index is 0.0432. The zero-order valence-electron chi connectivity index (χ0n) is 26.8. The number of rotatable bonds is 8. The molecule has 7 rings (SSSR count). The Kier molecular flexibility index (Phi) is 7.69. The summed E-state index contributed by atoms with van der Waals surface area (Å²) < 4.78 is 15.8. The smallest absolute Gasteiger partial charge is 0.294 e. The van der Waals surface area contributed by atoms with E-state index in [1.807, 2.05) is 10.6 Å². The molecule has 1 aromatic rings. The minimum Gasteiger partial charge on any atom is -0.294 e. The molecule has 0 radical (unpaired) electrons. The second kappa shape index (κ2) is 11.4.